The molecule has 0 saturated heterocycles. The van der Waals surface area contributed by atoms with E-state index in [1.54, 1.807) is 18.4 Å². The van der Waals surface area contributed by atoms with E-state index in [4.69, 9.17) is 4.74 Å². The molecule has 2 aromatic rings. The molecule has 2 rings (SSSR count). The van der Waals surface area contributed by atoms with Gasteiger partial charge in [-0.1, -0.05) is 23.8 Å². The summed E-state index contributed by atoms with van der Waals surface area (Å²) in [6, 6.07) is 6.45. The molecule has 4 heteroatoms. The molecule has 0 spiro atoms. The molecule has 0 aliphatic rings. The van der Waals surface area contributed by atoms with E-state index in [-0.39, 0.29) is 0 Å². The molecule has 18 heavy (non-hydrogen) atoms. The van der Waals surface area contributed by atoms with Crippen molar-refractivity contribution >= 4 is 16.5 Å². The van der Waals surface area contributed by atoms with Crippen LogP contribution in [0.3, 0.4) is 0 Å². The molecule has 0 bridgehead atoms. The van der Waals surface area contributed by atoms with Crippen molar-refractivity contribution < 1.29 is 4.74 Å². The standard InChI is InChI=1S/C14H18N2OS/c1-10-4-5-12(11(2)8-10)13-9-18-14(16-13)15-6-7-17-3/h4-5,8-9H,6-7H2,1-3H3,(H,15,16). The fourth-order valence-electron chi connectivity index (χ4n) is 1.84. The van der Waals surface area contributed by atoms with Crippen molar-refractivity contribution in [3.05, 3.63) is 34.7 Å². The van der Waals surface area contributed by atoms with Gasteiger partial charge in [-0.05, 0) is 19.4 Å². The molecule has 3 nitrogen and oxygen atoms in total. The van der Waals surface area contributed by atoms with Gasteiger partial charge in [-0.3, -0.25) is 0 Å². The number of nitrogens with one attached hydrogen (secondary N) is 1. The van der Waals surface area contributed by atoms with E-state index in [1.807, 2.05) is 0 Å². The molecule has 1 aromatic heterocycles. The summed E-state index contributed by atoms with van der Waals surface area (Å²) in [5, 5.41) is 6.29. The Balaban J connectivity index is 2.13. The molecule has 1 heterocycles. The average Bonchev–Trinajstić information content (AvgIpc) is 2.78. The van der Waals surface area contributed by atoms with Crippen molar-refractivity contribution in [1.29, 1.82) is 0 Å². The summed E-state index contributed by atoms with van der Waals surface area (Å²) in [4.78, 5) is 4.59. The number of aromatic nitrogens is 1. The SMILES string of the molecule is COCCNc1nc(-c2ccc(C)cc2C)cs1. The molecule has 1 N–H and O–H groups in total. The molecule has 96 valence electrons. The Labute approximate surface area is 112 Å². The van der Waals surface area contributed by atoms with Gasteiger partial charge >= 0.3 is 0 Å². The van der Waals surface area contributed by atoms with Gasteiger partial charge in [0, 0.05) is 24.6 Å². The Morgan fingerprint density at radius 3 is 2.89 bits per heavy atom. The van der Waals surface area contributed by atoms with Crippen LogP contribution in [0.5, 0.6) is 0 Å². The Bertz CT molecular complexity index is 522. The van der Waals surface area contributed by atoms with Crippen molar-refractivity contribution in [2.75, 3.05) is 25.6 Å². The van der Waals surface area contributed by atoms with Gasteiger partial charge in [0.1, 0.15) is 0 Å². The average molecular weight is 262 g/mol. The van der Waals surface area contributed by atoms with Crippen LogP contribution >= 0.6 is 11.3 Å². The number of methoxy groups -OCH3 is 1. The van der Waals surface area contributed by atoms with E-state index < -0.39 is 0 Å². The van der Waals surface area contributed by atoms with E-state index in [0.29, 0.717) is 6.61 Å². The van der Waals surface area contributed by atoms with E-state index in [9.17, 15) is 0 Å². The number of aryl methyl sites for hydroxylation is 2. The van der Waals surface area contributed by atoms with Gasteiger partial charge in [-0.25, -0.2) is 4.98 Å². The van der Waals surface area contributed by atoms with Gasteiger partial charge < -0.3 is 10.1 Å². The fraction of sp³-hybridized carbons (Fsp3) is 0.357. The second-order valence-corrected chi connectivity index (χ2v) is 5.13. The normalized spacial score (nSPS) is 10.6. The van der Waals surface area contributed by atoms with Crippen LogP contribution in [0.1, 0.15) is 11.1 Å². The first-order valence-electron chi connectivity index (χ1n) is 5.96. The third-order valence-corrected chi connectivity index (χ3v) is 3.54. The number of hydrogen-bond acceptors (Lipinski definition) is 4. The Kier molecular flexibility index (Phi) is 4.33. The molecule has 0 radical (unpaired) electrons. The van der Waals surface area contributed by atoms with Gasteiger partial charge in [-0.15, -0.1) is 11.3 Å². The second-order valence-electron chi connectivity index (χ2n) is 4.28. The van der Waals surface area contributed by atoms with Crippen molar-refractivity contribution in [3.63, 3.8) is 0 Å². The fourth-order valence-corrected chi connectivity index (χ4v) is 2.58. The van der Waals surface area contributed by atoms with Crippen LogP contribution in [-0.4, -0.2) is 25.2 Å². The highest BCUT2D eigenvalue weighted by molar-refractivity contribution is 7.14. The summed E-state index contributed by atoms with van der Waals surface area (Å²) in [5.74, 6) is 0. The highest BCUT2D eigenvalue weighted by Crippen LogP contribution is 2.27. The van der Waals surface area contributed by atoms with E-state index >= 15 is 0 Å². The number of nitrogens with zero attached hydrogens (tertiary/aromatic N) is 1. The van der Waals surface area contributed by atoms with Gasteiger partial charge in [0.25, 0.3) is 0 Å². The molecule has 0 saturated carbocycles. The number of rotatable bonds is 5. The number of thiazole rings is 1. The van der Waals surface area contributed by atoms with Gasteiger partial charge in [0.05, 0.1) is 12.3 Å². The minimum Gasteiger partial charge on any atom is -0.383 e. The van der Waals surface area contributed by atoms with Crippen molar-refractivity contribution in [3.8, 4) is 11.3 Å². The third-order valence-electron chi connectivity index (χ3n) is 2.74. The van der Waals surface area contributed by atoms with Crippen LogP contribution in [0.4, 0.5) is 5.13 Å². The van der Waals surface area contributed by atoms with E-state index in [2.05, 4.69) is 47.7 Å². The van der Waals surface area contributed by atoms with Crippen LogP contribution in [0.15, 0.2) is 23.6 Å². The molecule has 0 fully saturated rings. The van der Waals surface area contributed by atoms with Gasteiger partial charge in [0.2, 0.25) is 0 Å². The number of hydrogen-bond donors (Lipinski definition) is 1. The highest BCUT2D eigenvalue weighted by atomic mass is 32.1. The Morgan fingerprint density at radius 2 is 2.17 bits per heavy atom. The molecule has 0 aliphatic carbocycles. The predicted octanol–water partition coefficient (Wildman–Crippen LogP) is 3.49. The first-order valence-corrected chi connectivity index (χ1v) is 6.84. The summed E-state index contributed by atoms with van der Waals surface area (Å²) < 4.78 is 5.00. The minimum atomic E-state index is 0.693. The number of benzene rings is 1. The summed E-state index contributed by atoms with van der Waals surface area (Å²) in [6.45, 7) is 5.71. The first kappa shape index (κ1) is 13.1. The van der Waals surface area contributed by atoms with Gasteiger partial charge in [-0.2, -0.15) is 0 Å². The lowest BCUT2D eigenvalue weighted by Crippen LogP contribution is -2.07. The lowest BCUT2D eigenvalue weighted by atomic mass is 10.0. The van der Waals surface area contributed by atoms with Gasteiger partial charge in [0.15, 0.2) is 5.13 Å². The van der Waals surface area contributed by atoms with Crippen LogP contribution in [-0.2, 0) is 4.74 Å². The zero-order valence-electron chi connectivity index (χ0n) is 11.0. The molecular weight excluding hydrogens is 244 g/mol. The van der Waals surface area contributed by atoms with Crippen molar-refractivity contribution in [2.24, 2.45) is 0 Å². The van der Waals surface area contributed by atoms with Crippen molar-refractivity contribution in [1.82, 2.24) is 4.98 Å². The summed E-state index contributed by atoms with van der Waals surface area (Å²) in [5.41, 5.74) is 4.79. The zero-order valence-corrected chi connectivity index (χ0v) is 11.8. The minimum absolute atomic E-state index is 0.693. The van der Waals surface area contributed by atoms with Crippen LogP contribution in [0.25, 0.3) is 11.3 Å². The van der Waals surface area contributed by atoms with E-state index in [0.717, 1.165) is 17.4 Å². The molecule has 0 aliphatic heterocycles. The summed E-state index contributed by atoms with van der Waals surface area (Å²) >= 11 is 1.63. The Hall–Kier alpha value is -1.39. The number of ether oxygens (including phenoxy) is 1. The summed E-state index contributed by atoms with van der Waals surface area (Å²) in [6.07, 6.45) is 0. The quantitative estimate of drug-likeness (QED) is 0.838. The predicted molar refractivity (Wildman–Crippen MR) is 77.4 cm³/mol. The molecule has 0 atom stereocenters. The molecule has 0 amide bonds. The largest absolute Gasteiger partial charge is 0.383 e. The van der Waals surface area contributed by atoms with Crippen LogP contribution in [0, 0.1) is 13.8 Å². The second kappa shape index (κ2) is 5.98. The molecule has 0 unspecified atom stereocenters. The first-order chi connectivity index (χ1) is 8.70. The zero-order chi connectivity index (χ0) is 13.0. The van der Waals surface area contributed by atoms with E-state index in [1.165, 1.54) is 16.7 Å². The summed E-state index contributed by atoms with van der Waals surface area (Å²) in [7, 11) is 1.70. The lowest BCUT2D eigenvalue weighted by molar-refractivity contribution is 0.211. The maximum Gasteiger partial charge on any atom is 0.183 e. The molecule has 1 aromatic carbocycles. The molecular formula is C14H18N2OS. The maximum absolute atomic E-state index is 5.00. The lowest BCUT2D eigenvalue weighted by Gasteiger charge is -2.04. The maximum atomic E-state index is 5.00. The monoisotopic (exact) mass is 262 g/mol. The van der Waals surface area contributed by atoms with Crippen molar-refractivity contribution in [2.45, 2.75) is 13.8 Å². The Morgan fingerprint density at radius 1 is 1.33 bits per heavy atom. The van der Waals surface area contributed by atoms with Crippen LogP contribution in [0.2, 0.25) is 0 Å². The topological polar surface area (TPSA) is 34.1 Å². The number of anilines is 1. The smallest absolute Gasteiger partial charge is 0.183 e. The highest BCUT2D eigenvalue weighted by Gasteiger charge is 2.06. The third kappa shape index (κ3) is 3.09. The van der Waals surface area contributed by atoms with Crippen LogP contribution < -0.4 is 5.32 Å².